The number of likely N-dealkylation sites (N-methyl/N-ethyl adjacent to an activating group) is 2. The van der Waals surface area contributed by atoms with E-state index in [0.29, 0.717) is 12.1 Å². The van der Waals surface area contributed by atoms with Gasteiger partial charge in [0.2, 0.25) is 0 Å². The lowest BCUT2D eigenvalue weighted by Crippen LogP contribution is -2.37. The van der Waals surface area contributed by atoms with Crippen LogP contribution in [-0.4, -0.2) is 31.6 Å². The third kappa shape index (κ3) is 4.07. The van der Waals surface area contributed by atoms with Crippen LogP contribution in [0.5, 0.6) is 0 Å². The van der Waals surface area contributed by atoms with E-state index in [2.05, 4.69) is 62.4 Å². The number of aryl methyl sites for hydroxylation is 1. The van der Waals surface area contributed by atoms with Gasteiger partial charge < -0.3 is 10.2 Å². The molecular weight excluding hydrogens is 244 g/mol. The molecule has 0 aliphatic heterocycles. The molecule has 0 heterocycles. The van der Waals surface area contributed by atoms with Crippen LogP contribution in [0.3, 0.4) is 0 Å². The highest BCUT2D eigenvalue weighted by atomic mass is 15.2. The van der Waals surface area contributed by atoms with Gasteiger partial charge in [0.25, 0.3) is 0 Å². The van der Waals surface area contributed by atoms with E-state index in [9.17, 15) is 0 Å². The van der Waals surface area contributed by atoms with Gasteiger partial charge >= 0.3 is 0 Å². The van der Waals surface area contributed by atoms with E-state index in [1.165, 1.54) is 36.8 Å². The van der Waals surface area contributed by atoms with E-state index in [-0.39, 0.29) is 0 Å². The smallest absolute Gasteiger partial charge is 0.0446 e. The molecule has 2 heteroatoms. The number of hydrogen-bond acceptors (Lipinski definition) is 2. The maximum atomic E-state index is 3.47. The van der Waals surface area contributed by atoms with Gasteiger partial charge in [0.15, 0.2) is 0 Å². The average Bonchev–Trinajstić information content (AvgIpc) is 3.29. The minimum atomic E-state index is 0.428. The molecule has 1 saturated carbocycles. The van der Waals surface area contributed by atoms with E-state index in [4.69, 9.17) is 0 Å². The molecule has 112 valence electrons. The van der Waals surface area contributed by atoms with Crippen LogP contribution in [0.2, 0.25) is 0 Å². The highest BCUT2D eigenvalue weighted by Crippen LogP contribution is 2.35. The summed E-state index contributed by atoms with van der Waals surface area (Å²) in [6.07, 6.45) is 5.24. The Morgan fingerprint density at radius 2 is 1.90 bits per heavy atom. The van der Waals surface area contributed by atoms with Gasteiger partial charge in [-0.3, -0.25) is 0 Å². The fourth-order valence-corrected chi connectivity index (χ4v) is 2.96. The summed E-state index contributed by atoms with van der Waals surface area (Å²) in [7, 11) is 4.33. The fourth-order valence-electron chi connectivity index (χ4n) is 2.96. The van der Waals surface area contributed by atoms with E-state index < -0.39 is 0 Å². The van der Waals surface area contributed by atoms with Crippen molar-refractivity contribution < 1.29 is 0 Å². The third-order valence-electron chi connectivity index (χ3n) is 4.74. The van der Waals surface area contributed by atoms with Gasteiger partial charge in [-0.05, 0) is 57.3 Å². The normalized spacial score (nSPS) is 18.2. The summed E-state index contributed by atoms with van der Waals surface area (Å²) < 4.78 is 0. The quantitative estimate of drug-likeness (QED) is 0.779. The highest BCUT2D eigenvalue weighted by molar-refractivity contribution is 5.25. The average molecular weight is 274 g/mol. The number of nitrogens with one attached hydrogen (secondary N) is 1. The van der Waals surface area contributed by atoms with Gasteiger partial charge in [0.05, 0.1) is 0 Å². The van der Waals surface area contributed by atoms with E-state index in [1.807, 2.05) is 0 Å². The maximum Gasteiger partial charge on any atom is 0.0446 e. The first kappa shape index (κ1) is 15.5. The Bertz CT molecular complexity index is 394. The Labute approximate surface area is 124 Å². The van der Waals surface area contributed by atoms with Crippen LogP contribution in [0.4, 0.5) is 0 Å². The van der Waals surface area contributed by atoms with Crippen molar-refractivity contribution in [1.82, 2.24) is 10.2 Å². The third-order valence-corrected chi connectivity index (χ3v) is 4.74. The predicted molar refractivity (Wildman–Crippen MR) is 87.1 cm³/mol. The van der Waals surface area contributed by atoms with Crippen molar-refractivity contribution in [3.05, 3.63) is 35.4 Å². The van der Waals surface area contributed by atoms with Gasteiger partial charge in [0.1, 0.15) is 0 Å². The van der Waals surface area contributed by atoms with Crippen LogP contribution in [0, 0.1) is 5.92 Å². The summed E-state index contributed by atoms with van der Waals surface area (Å²) in [4.78, 5) is 2.51. The molecule has 2 nitrogen and oxygen atoms in total. The van der Waals surface area contributed by atoms with Crippen LogP contribution in [0.25, 0.3) is 0 Å². The standard InChI is InChI=1S/C18H30N2/c1-5-6-15-7-9-17(10-8-15)18(19-3)13-20(4)14(2)16-11-12-16/h7-10,14,16,18-19H,5-6,11-13H2,1-4H3. The highest BCUT2D eigenvalue weighted by Gasteiger charge is 2.31. The Morgan fingerprint density at radius 1 is 1.25 bits per heavy atom. The SMILES string of the molecule is CCCc1ccc(C(CN(C)C(C)C2CC2)NC)cc1. The number of nitrogens with zero attached hydrogens (tertiary/aromatic N) is 1. The molecule has 1 aromatic rings. The molecule has 0 spiro atoms. The number of benzene rings is 1. The molecule has 0 bridgehead atoms. The van der Waals surface area contributed by atoms with Crippen LogP contribution in [0.1, 0.15) is 50.3 Å². The Hall–Kier alpha value is -0.860. The minimum Gasteiger partial charge on any atom is -0.312 e. The van der Waals surface area contributed by atoms with Crippen molar-refractivity contribution in [3.63, 3.8) is 0 Å². The molecule has 0 saturated heterocycles. The summed E-state index contributed by atoms with van der Waals surface area (Å²) >= 11 is 0. The fraction of sp³-hybridized carbons (Fsp3) is 0.667. The molecule has 0 aromatic heterocycles. The van der Waals surface area contributed by atoms with Crippen molar-refractivity contribution in [2.75, 3.05) is 20.6 Å². The van der Waals surface area contributed by atoms with Crippen molar-refractivity contribution in [2.24, 2.45) is 5.92 Å². The maximum absolute atomic E-state index is 3.47. The number of hydrogen-bond donors (Lipinski definition) is 1. The minimum absolute atomic E-state index is 0.428. The topological polar surface area (TPSA) is 15.3 Å². The monoisotopic (exact) mass is 274 g/mol. The zero-order valence-corrected chi connectivity index (χ0v) is 13.5. The summed E-state index contributed by atoms with van der Waals surface area (Å²) in [6.45, 7) is 5.69. The van der Waals surface area contributed by atoms with Crippen molar-refractivity contribution in [1.29, 1.82) is 0 Å². The molecule has 2 rings (SSSR count). The Morgan fingerprint density at radius 3 is 2.40 bits per heavy atom. The van der Waals surface area contributed by atoms with Crippen LogP contribution in [0.15, 0.2) is 24.3 Å². The van der Waals surface area contributed by atoms with Gasteiger partial charge in [-0.25, -0.2) is 0 Å². The summed E-state index contributed by atoms with van der Waals surface area (Å²) in [6, 6.07) is 10.3. The second kappa shape index (κ2) is 7.24. The molecular formula is C18H30N2. The summed E-state index contributed by atoms with van der Waals surface area (Å²) in [5.74, 6) is 0.935. The lowest BCUT2D eigenvalue weighted by molar-refractivity contribution is 0.213. The molecule has 20 heavy (non-hydrogen) atoms. The molecule has 0 radical (unpaired) electrons. The molecule has 1 aliphatic carbocycles. The second-order valence-electron chi connectivity index (χ2n) is 6.35. The van der Waals surface area contributed by atoms with Gasteiger partial charge in [-0.1, -0.05) is 37.6 Å². The molecule has 1 aliphatic rings. The zero-order valence-electron chi connectivity index (χ0n) is 13.5. The van der Waals surface area contributed by atoms with Crippen molar-refractivity contribution >= 4 is 0 Å². The van der Waals surface area contributed by atoms with Crippen LogP contribution < -0.4 is 5.32 Å². The Balaban J connectivity index is 1.95. The molecule has 2 unspecified atom stereocenters. The van der Waals surface area contributed by atoms with Crippen LogP contribution >= 0.6 is 0 Å². The van der Waals surface area contributed by atoms with E-state index in [0.717, 1.165) is 12.5 Å². The molecule has 1 fully saturated rings. The zero-order chi connectivity index (χ0) is 14.5. The lowest BCUT2D eigenvalue weighted by atomic mass is 10.0. The Kier molecular flexibility index (Phi) is 5.62. The molecule has 2 atom stereocenters. The van der Waals surface area contributed by atoms with Crippen LogP contribution in [-0.2, 0) is 6.42 Å². The first-order valence-electron chi connectivity index (χ1n) is 8.12. The summed E-state index contributed by atoms with van der Waals surface area (Å²) in [5.41, 5.74) is 2.85. The van der Waals surface area contributed by atoms with Crippen molar-refractivity contribution in [3.8, 4) is 0 Å². The van der Waals surface area contributed by atoms with Crippen molar-refractivity contribution in [2.45, 2.75) is 51.6 Å². The lowest BCUT2D eigenvalue weighted by Gasteiger charge is -2.29. The predicted octanol–water partition coefficient (Wildman–Crippen LogP) is 3.63. The number of rotatable bonds is 8. The molecule has 1 N–H and O–H groups in total. The summed E-state index contributed by atoms with van der Waals surface area (Å²) in [5, 5.41) is 3.47. The second-order valence-corrected chi connectivity index (χ2v) is 6.35. The largest absolute Gasteiger partial charge is 0.312 e. The molecule has 1 aromatic carbocycles. The first-order valence-corrected chi connectivity index (χ1v) is 8.12. The molecule has 0 amide bonds. The van der Waals surface area contributed by atoms with Gasteiger partial charge in [-0.15, -0.1) is 0 Å². The van der Waals surface area contributed by atoms with E-state index in [1.54, 1.807) is 0 Å². The first-order chi connectivity index (χ1) is 9.65. The van der Waals surface area contributed by atoms with E-state index >= 15 is 0 Å². The van der Waals surface area contributed by atoms with Gasteiger partial charge in [0, 0.05) is 18.6 Å². The van der Waals surface area contributed by atoms with Gasteiger partial charge in [-0.2, -0.15) is 0 Å².